The van der Waals surface area contributed by atoms with Crippen molar-refractivity contribution in [1.82, 2.24) is 4.73 Å². The molecule has 1 aliphatic carbocycles. The Hall–Kier alpha value is -2.04. The maximum absolute atomic E-state index is 11.1. The fourth-order valence-electron chi connectivity index (χ4n) is 1.21. The van der Waals surface area contributed by atoms with Crippen molar-refractivity contribution in [3.63, 3.8) is 0 Å². The van der Waals surface area contributed by atoms with Gasteiger partial charge in [0, 0.05) is 0 Å². The van der Waals surface area contributed by atoms with Gasteiger partial charge in [-0.1, -0.05) is 0 Å². The van der Waals surface area contributed by atoms with Crippen LogP contribution in [0.4, 0.5) is 0 Å². The van der Waals surface area contributed by atoms with E-state index >= 15 is 0 Å². The van der Waals surface area contributed by atoms with Crippen molar-refractivity contribution in [1.29, 1.82) is 0 Å². The van der Waals surface area contributed by atoms with Crippen LogP contribution in [0.3, 0.4) is 0 Å². The number of hydrogen-bond donors (Lipinski definition) is 2. The van der Waals surface area contributed by atoms with Gasteiger partial charge in [-0.15, -0.1) is 0 Å². The standard InChI is InChI=1S/C8H5NO4/c10-6-2-1-4-5(7(6)11)3-9(13)8(4)12/h1-3,12-13H. The Morgan fingerprint density at radius 1 is 1.23 bits per heavy atom. The van der Waals surface area contributed by atoms with Crippen LogP contribution in [0.1, 0.15) is 15.9 Å². The Labute approximate surface area is 72.5 Å². The Balaban J connectivity index is 2.72. The minimum absolute atomic E-state index is 0.0208. The van der Waals surface area contributed by atoms with Crippen LogP contribution in [0.5, 0.6) is 5.88 Å². The maximum Gasteiger partial charge on any atom is 0.235 e. The monoisotopic (exact) mass is 179 g/mol. The first-order chi connectivity index (χ1) is 6.11. The molecule has 0 spiro atoms. The van der Waals surface area contributed by atoms with Gasteiger partial charge in [0.1, 0.15) is 0 Å². The molecule has 0 amide bonds. The predicted octanol–water partition coefficient (Wildman–Crippen LogP) is 0.210. The van der Waals surface area contributed by atoms with Crippen molar-refractivity contribution in [2.75, 3.05) is 0 Å². The quantitative estimate of drug-likeness (QED) is 0.440. The molecule has 0 aromatic carbocycles. The normalized spacial score (nSPS) is 14.8. The highest BCUT2D eigenvalue weighted by Crippen LogP contribution is 2.27. The minimum Gasteiger partial charge on any atom is -0.492 e. The van der Waals surface area contributed by atoms with Crippen LogP contribution in [0.2, 0.25) is 0 Å². The summed E-state index contributed by atoms with van der Waals surface area (Å²) in [5.41, 5.74) is 0.194. The lowest BCUT2D eigenvalue weighted by molar-refractivity contribution is -0.110. The summed E-state index contributed by atoms with van der Waals surface area (Å²) in [4.78, 5) is 22.0. The van der Waals surface area contributed by atoms with Gasteiger partial charge >= 0.3 is 0 Å². The van der Waals surface area contributed by atoms with Gasteiger partial charge in [-0.05, 0) is 12.2 Å². The summed E-state index contributed by atoms with van der Waals surface area (Å²) in [5.74, 6) is -1.81. The topological polar surface area (TPSA) is 79.5 Å². The van der Waals surface area contributed by atoms with Gasteiger partial charge in [-0.2, -0.15) is 4.73 Å². The van der Waals surface area contributed by atoms with E-state index in [2.05, 4.69) is 0 Å². The van der Waals surface area contributed by atoms with Gasteiger partial charge in [0.2, 0.25) is 17.4 Å². The van der Waals surface area contributed by atoms with Crippen molar-refractivity contribution in [3.8, 4) is 5.88 Å². The molecular weight excluding hydrogens is 174 g/mol. The number of hydrogen-bond acceptors (Lipinski definition) is 4. The average molecular weight is 179 g/mol. The van der Waals surface area contributed by atoms with Crippen molar-refractivity contribution in [3.05, 3.63) is 23.4 Å². The molecule has 5 nitrogen and oxygen atoms in total. The zero-order valence-corrected chi connectivity index (χ0v) is 6.39. The highest BCUT2D eigenvalue weighted by atomic mass is 16.5. The molecular formula is C8H5NO4. The summed E-state index contributed by atoms with van der Waals surface area (Å²) in [5, 5.41) is 18.2. The lowest BCUT2D eigenvalue weighted by Crippen LogP contribution is -2.14. The zero-order valence-electron chi connectivity index (χ0n) is 6.39. The molecule has 1 heterocycles. The van der Waals surface area contributed by atoms with E-state index in [9.17, 15) is 14.7 Å². The molecule has 0 atom stereocenters. The van der Waals surface area contributed by atoms with Crippen molar-refractivity contribution < 1.29 is 19.9 Å². The third-order valence-corrected chi connectivity index (χ3v) is 1.87. The van der Waals surface area contributed by atoms with Crippen molar-refractivity contribution in [2.24, 2.45) is 0 Å². The molecule has 1 aliphatic rings. The van der Waals surface area contributed by atoms with Crippen LogP contribution >= 0.6 is 0 Å². The van der Waals surface area contributed by atoms with Crippen LogP contribution < -0.4 is 0 Å². The summed E-state index contributed by atoms with van der Waals surface area (Å²) in [6.07, 6.45) is 3.36. The SMILES string of the molecule is O=C1C=Cc2c(cn(O)c2O)C1=O. The molecule has 13 heavy (non-hydrogen) atoms. The zero-order chi connectivity index (χ0) is 9.59. The van der Waals surface area contributed by atoms with Gasteiger partial charge in [-0.25, -0.2) is 0 Å². The summed E-state index contributed by atoms with van der Waals surface area (Å²) in [6, 6.07) is 0. The highest BCUT2D eigenvalue weighted by molar-refractivity contribution is 6.50. The lowest BCUT2D eigenvalue weighted by Gasteiger charge is -2.00. The fourth-order valence-corrected chi connectivity index (χ4v) is 1.21. The summed E-state index contributed by atoms with van der Waals surface area (Å²) < 4.78 is 0.408. The van der Waals surface area contributed by atoms with Crippen LogP contribution in [0.25, 0.3) is 6.08 Å². The number of nitrogens with zero attached hydrogens (tertiary/aromatic N) is 1. The summed E-state index contributed by atoms with van der Waals surface area (Å²) >= 11 is 0. The lowest BCUT2D eigenvalue weighted by atomic mass is 10.00. The van der Waals surface area contributed by atoms with E-state index in [1.54, 1.807) is 0 Å². The highest BCUT2D eigenvalue weighted by Gasteiger charge is 2.26. The van der Waals surface area contributed by atoms with E-state index in [1.165, 1.54) is 6.08 Å². The predicted molar refractivity (Wildman–Crippen MR) is 41.7 cm³/mol. The van der Waals surface area contributed by atoms with E-state index in [-0.39, 0.29) is 11.1 Å². The largest absolute Gasteiger partial charge is 0.492 e. The average Bonchev–Trinajstić information content (AvgIpc) is 2.38. The van der Waals surface area contributed by atoms with Gasteiger partial charge in [0.15, 0.2) is 0 Å². The first-order valence-electron chi connectivity index (χ1n) is 3.51. The number of rotatable bonds is 0. The Morgan fingerprint density at radius 3 is 2.62 bits per heavy atom. The third-order valence-electron chi connectivity index (χ3n) is 1.87. The number of ketones is 2. The molecule has 0 radical (unpaired) electrons. The van der Waals surface area contributed by atoms with Crippen molar-refractivity contribution in [2.45, 2.75) is 0 Å². The molecule has 5 heteroatoms. The number of fused-ring (bicyclic) bond motifs is 1. The third kappa shape index (κ3) is 0.868. The van der Waals surface area contributed by atoms with Gasteiger partial charge < -0.3 is 10.3 Å². The molecule has 2 N–H and O–H groups in total. The second kappa shape index (κ2) is 2.22. The second-order valence-corrected chi connectivity index (χ2v) is 2.65. The molecule has 0 unspecified atom stereocenters. The van der Waals surface area contributed by atoms with E-state index in [0.29, 0.717) is 4.73 Å². The van der Waals surface area contributed by atoms with Gasteiger partial charge in [0.05, 0.1) is 17.3 Å². The number of aromatic hydroxyl groups is 1. The van der Waals surface area contributed by atoms with Crippen LogP contribution in [-0.4, -0.2) is 26.6 Å². The van der Waals surface area contributed by atoms with E-state index in [0.717, 1.165) is 12.3 Å². The van der Waals surface area contributed by atoms with Crippen LogP contribution in [0, 0.1) is 0 Å². The molecule has 1 aromatic heterocycles. The smallest absolute Gasteiger partial charge is 0.235 e. The molecule has 0 saturated carbocycles. The van der Waals surface area contributed by atoms with Crippen LogP contribution in [-0.2, 0) is 4.79 Å². The van der Waals surface area contributed by atoms with Gasteiger partial charge in [-0.3, -0.25) is 9.59 Å². The number of aromatic nitrogens is 1. The van der Waals surface area contributed by atoms with Crippen LogP contribution in [0.15, 0.2) is 12.3 Å². The van der Waals surface area contributed by atoms with Gasteiger partial charge in [0.25, 0.3) is 0 Å². The van der Waals surface area contributed by atoms with E-state index in [1.807, 2.05) is 0 Å². The molecule has 0 saturated heterocycles. The number of carbonyl (C=O) groups excluding carboxylic acids is 2. The second-order valence-electron chi connectivity index (χ2n) is 2.65. The number of allylic oxidation sites excluding steroid dienone is 1. The first-order valence-corrected chi connectivity index (χ1v) is 3.51. The Kier molecular flexibility index (Phi) is 1.30. The van der Waals surface area contributed by atoms with Crippen molar-refractivity contribution >= 4 is 17.6 Å². The molecule has 66 valence electrons. The Morgan fingerprint density at radius 2 is 1.92 bits per heavy atom. The molecule has 1 aromatic rings. The Bertz CT molecular complexity index is 441. The number of Topliss-reactive ketones (excluding diaryl/α,β-unsaturated/α-hetero) is 1. The van der Waals surface area contributed by atoms with E-state index < -0.39 is 17.4 Å². The molecule has 0 bridgehead atoms. The number of carbonyl (C=O) groups is 2. The minimum atomic E-state index is -0.722. The summed E-state index contributed by atoms with van der Waals surface area (Å²) in [6.45, 7) is 0. The maximum atomic E-state index is 11.1. The molecule has 0 fully saturated rings. The first kappa shape index (κ1) is 7.60. The fraction of sp³-hybridized carbons (Fsp3) is 0. The summed E-state index contributed by atoms with van der Waals surface area (Å²) in [7, 11) is 0. The molecule has 0 aliphatic heterocycles. The van der Waals surface area contributed by atoms with E-state index in [4.69, 9.17) is 5.21 Å². The molecule has 2 rings (SSSR count).